The van der Waals surface area contributed by atoms with Crippen LogP contribution in [0.25, 0.3) is 0 Å². The number of fused-ring (bicyclic) bond motifs is 1. The smallest absolute Gasteiger partial charge is 0.251 e. The van der Waals surface area contributed by atoms with Gasteiger partial charge in [-0.05, 0) is 37.0 Å². The first kappa shape index (κ1) is 9.25. The molecule has 1 heterocycles. The Morgan fingerprint density at radius 2 is 2.29 bits per heavy atom. The van der Waals surface area contributed by atoms with Crippen LogP contribution in [-0.2, 0) is 12.8 Å². The summed E-state index contributed by atoms with van der Waals surface area (Å²) in [6, 6.07) is 6.26. The summed E-state index contributed by atoms with van der Waals surface area (Å²) in [5.41, 5.74) is 3.41. The minimum absolute atomic E-state index is 0.0778. The highest BCUT2D eigenvalue weighted by atomic mass is 16.1. The van der Waals surface area contributed by atoms with Crippen molar-refractivity contribution in [1.82, 2.24) is 5.32 Å². The van der Waals surface area contributed by atoms with Crippen molar-refractivity contribution in [2.45, 2.75) is 32.7 Å². The lowest BCUT2D eigenvalue weighted by atomic mass is 9.90. The Hall–Kier alpha value is -1.31. The van der Waals surface area contributed by atoms with Gasteiger partial charge in [-0.1, -0.05) is 19.1 Å². The highest BCUT2D eigenvalue weighted by Crippen LogP contribution is 2.21. The monoisotopic (exact) mass is 189 g/mol. The van der Waals surface area contributed by atoms with Crippen LogP contribution in [0.15, 0.2) is 18.2 Å². The van der Waals surface area contributed by atoms with E-state index in [9.17, 15) is 4.79 Å². The molecule has 0 radical (unpaired) electrons. The molecular formula is C12H15NO. The molecule has 2 nitrogen and oxygen atoms in total. The Kier molecular flexibility index (Phi) is 2.28. The van der Waals surface area contributed by atoms with Crippen molar-refractivity contribution in [3.8, 4) is 0 Å². The van der Waals surface area contributed by atoms with Gasteiger partial charge in [0.15, 0.2) is 0 Å². The molecule has 1 N–H and O–H groups in total. The van der Waals surface area contributed by atoms with E-state index in [4.69, 9.17) is 0 Å². The molecule has 14 heavy (non-hydrogen) atoms. The minimum Gasteiger partial charge on any atom is -0.349 e. The molecule has 1 atom stereocenters. The zero-order valence-corrected chi connectivity index (χ0v) is 8.63. The molecule has 1 aliphatic heterocycles. The molecule has 0 saturated carbocycles. The number of carbonyl (C=O) groups is 1. The highest BCUT2D eigenvalue weighted by Gasteiger charge is 2.22. The van der Waals surface area contributed by atoms with Crippen LogP contribution in [0.4, 0.5) is 0 Å². The number of carbonyl (C=O) groups excluding carboxylic acids is 1. The van der Waals surface area contributed by atoms with Gasteiger partial charge in [0.2, 0.25) is 0 Å². The van der Waals surface area contributed by atoms with E-state index in [2.05, 4.69) is 18.3 Å². The van der Waals surface area contributed by atoms with Crippen molar-refractivity contribution >= 4 is 5.91 Å². The van der Waals surface area contributed by atoms with Gasteiger partial charge in [0.25, 0.3) is 5.91 Å². The molecule has 1 aromatic carbocycles. The third-order valence-corrected chi connectivity index (χ3v) is 2.79. The Balaban J connectivity index is 2.52. The predicted molar refractivity (Wildman–Crippen MR) is 56.5 cm³/mol. The summed E-state index contributed by atoms with van der Waals surface area (Å²) in [5.74, 6) is 0.0778. The third kappa shape index (κ3) is 1.41. The van der Waals surface area contributed by atoms with E-state index in [1.165, 1.54) is 11.1 Å². The largest absolute Gasteiger partial charge is 0.349 e. The normalized spacial score (nSPS) is 20.1. The first-order valence-corrected chi connectivity index (χ1v) is 5.14. The highest BCUT2D eigenvalue weighted by molar-refractivity contribution is 5.97. The first-order chi connectivity index (χ1) is 6.72. The standard InChI is InChI=1S/C12H15NO/c1-3-9-5-4-6-10-11(9)7-8(2)13-12(10)14/h4-6,8H,3,7H2,1-2H3,(H,13,14). The molecule has 1 unspecified atom stereocenters. The van der Waals surface area contributed by atoms with Gasteiger partial charge in [0.05, 0.1) is 0 Å². The summed E-state index contributed by atoms with van der Waals surface area (Å²) in [5, 5.41) is 2.95. The van der Waals surface area contributed by atoms with Gasteiger partial charge in [0.1, 0.15) is 0 Å². The summed E-state index contributed by atoms with van der Waals surface area (Å²) in [6.07, 6.45) is 1.97. The third-order valence-electron chi connectivity index (χ3n) is 2.79. The van der Waals surface area contributed by atoms with E-state index in [1.54, 1.807) is 0 Å². The van der Waals surface area contributed by atoms with E-state index in [0.29, 0.717) is 0 Å². The average Bonchev–Trinajstić information content (AvgIpc) is 2.17. The zero-order valence-electron chi connectivity index (χ0n) is 8.63. The number of nitrogens with one attached hydrogen (secondary N) is 1. The Morgan fingerprint density at radius 3 is 3.00 bits per heavy atom. The Morgan fingerprint density at radius 1 is 1.50 bits per heavy atom. The van der Waals surface area contributed by atoms with Crippen LogP contribution in [0.5, 0.6) is 0 Å². The van der Waals surface area contributed by atoms with Gasteiger partial charge in [-0.15, -0.1) is 0 Å². The summed E-state index contributed by atoms with van der Waals surface area (Å²) in [4.78, 5) is 11.7. The number of hydrogen-bond donors (Lipinski definition) is 1. The molecule has 2 rings (SSSR count). The lowest BCUT2D eigenvalue weighted by molar-refractivity contribution is 0.0929. The fraction of sp³-hybridized carbons (Fsp3) is 0.417. The van der Waals surface area contributed by atoms with E-state index < -0.39 is 0 Å². The molecule has 0 saturated heterocycles. The summed E-state index contributed by atoms with van der Waals surface area (Å²) < 4.78 is 0. The van der Waals surface area contributed by atoms with Crippen LogP contribution in [0.2, 0.25) is 0 Å². The van der Waals surface area contributed by atoms with Crippen LogP contribution in [0.3, 0.4) is 0 Å². The molecule has 1 aliphatic rings. The van der Waals surface area contributed by atoms with Crippen LogP contribution >= 0.6 is 0 Å². The first-order valence-electron chi connectivity index (χ1n) is 5.14. The van der Waals surface area contributed by atoms with E-state index in [1.807, 2.05) is 19.1 Å². The quantitative estimate of drug-likeness (QED) is 0.718. The minimum atomic E-state index is 0.0778. The van der Waals surface area contributed by atoms with Gasteiger partial charge in [-0.2, -0.15) is 0 Å². The maximum Gasteiger partial charge on any atom is 0.251 e. The molecule has 0 aliphatic carbocycles. The van der Waals surface area contributed by atoms with Crippen molar-refractivity contribution in [1.29, 1.82) is 0 Å². The Labute approximate surface area is 84.3 Å². The number of benzene rings is 1. The molecule has 2 heteroatoms. The predicted octanol–water partition coefficient (Wildman–Crippen LogP) is 1.92. The number of aryl methyl sites for hydroxylation is 1. The van der Waals surface area contributed by atoms with Gasteiger partial charge >= 0.3 is 0 Å². The topological polar surface area (TPSA) is 29.1 Å². The molecule has 0 spiro atoms. The van der Waals surface area contributed by atoms with Crippen LogP contribution < -0.4 is 5.32 Å². The zero-order chi connectivity index (χ0) is 10.1. The maximum atomic E-state index is 11.7. The lowest BCUT2D eigenvalue weighted by Crippen LogP contribution is -2.39. The second-order valence-corrected chi connectivity index (χ2v) is 3.88. The van der Waals surface area contributed by atoms with Crippen molar-refractivity contribution < 1.29 is 4.79 Å². The average molecular weight is 189 g/mol. The van der Waals surface area contributed by atoms with Crippen LogP contribution in [-0.4, -0.2) is 11.9 Å². The number of rotatable bonds is 1. The second kappa shape index (κ2) is 3.45. The molecule has 1 amide bonds. The summed E-state index contributed by atoms with van der Waals surface area (Å²) in [7, 11) is 0. The van der Waals surface area contributed by atoms with Crippen molar-refractivity contribution in [2.24, 2.45) is 0 Å². The molecule has 0 bridgehead atoms. The fourth-order valence-electron chi connectivity index (χ4n) is 2.08. The molecule has 0 aromatic heterocycles. The molecule has 0 fully saturated rings. The number of hydrogen-bond acceptors (Lipinski definition) is 1. The van der Waals surface area contributed by atoms with E-state index >= 15 is 0 Å². The second-order valence-electron chi connectivity index (χ2n) is 3.88. The number of amides is 1. The van der Waals surface area contributed by atoms with E-state index in [-0.39, 0.29) is 11.9 Å². The molecule has 1 aromatic rings. The van der Waals surface area contributed by atoms with Crippen LogP contribution in [0, 0.1) is 0 Å². The van der Waals surface area contributed by atoms with Crippen molar-refractivity contribution in [3.05, 3.63) is 34.9 Å². The van der Waals surface area contributed by atoms with E-state index in [0.717, 1.165) is 18.4 Å². The Bertz CT molecular complexity index is 371. The van der Waals surface area contributed by atoms with Gasteiger partial charge in [-0.25, -0.2) is 0 Å². The van der Waals surface area contributed by atoms with Gasteiger partial charge < -0.3 is 5.32 Å². The van der Waals surface area contributed by atoms with Crippen molar-refractivity contribution in [2.75, 3.05) is 0 Å². The van der Waals surface area contributed by atoms with Gasteiger partial charge in [0, 0.05) is 11.6 Å². The maximum absolute atomic E-state index is 11.7. The summed E-state index contributed by atoms with van der Waals surface area (Å²) >= 11 is 0. The van der Waals surface area contributed by atoms with Gasteiger partial charge in [-0.3, -0.25) is 4.79 Å². The van der Waals surface area contributed by atoms with Crippen LogP contribution in [0.1, 0.15) is 35.3 Å². The SMILES string of the molecule is CCc1cccc2c1CC(C)NC2=O. The molecule has 74 valence electrons. The fourth-order valence-corrected chi connectivity index (χ4v) is 2.08. The summed E-state index contributed by atoms with van der Waals surface area (Å²) in [6.45, 7) is 4.18. The molecular weight excluding hydrogens is 174 g/mol. The lowest BCUT2D eigenvalue weighted by Gasteiger charge is -2.24. The van der Waals surface area contributed by atoms with Crippen molar-refractivity contribution in [3.63, 3.8) is 0 Å².